The van der Waals surface area contributed by atoms with E-state index in [9.17, 15) is 8.60 Å². The Bertz CT molecular complexity index is 628. The van der Waals surface area contributed by atoms with Crippen molar-refractivity contribution in [3.8, 4) is 0 Å². The highest BCUT2D eigenvalue weighted by Gasteiger charge is 2.08. The summed E-state index contributed by atoms with van der Waals surface area (Å²) in [7, 11) is -1.03. The molecule has 0 amide bonds. The van der Waals surface area contributed by atoms with Gasteiger partial charge in [0.25, 0.3) is 0 Å². The Morgan fingerprint density at radius 1 is 1.10 bits per heavy atom. The van der Waals surface area contributed by atoms with Crippen LogP contribution in [0.3, 0.4) is 0 Å². The molecule has 0 aromatic heterocycles. The molecule has 2 rings (SSSR count). The molecule has 0 spiro atoms. The summed E-state index contributed by atoms with van der Waals surface area (Å²) in [4.78, 5) is 0. The molecule has 0 aliphatic rings. The zero-order valence-electron chi connectivity index (χ0n) is 11.4. The summed E-state index contributed by atoms with van der Waals surface area (Å²) in [5.74, 6) is 0.600. The van der Waals surface area contributed by atoms with E-state index >= 15 is 0 Å². The minimum absolute atomic E-state index is 0.259. The van der Waals surface area contributed by atoms with Crippen molar-refractivity contribution in [1.29, 1.82) is 0 Å². The van der Waals surface area contributed by atoms with Gasteiger partial charge in [0.15, 0.2) is 0 Å². The second kappa shape index (κ2) is 6.77. The molecule has 0 aliphatic carbocycles. The van der Waals surface area contributed by atoms with Gasteiger partial charge in [-0.25, -0.2) is 4.39 Å². The van der Waals surface area contributed by atoms with E-state index in [1.54, 1.807) is 6.07 Å². The first-order valence-electron chi connectivity index (χ1n) is 6.46. The third-order valence-electron chi connectivity index (χ3n) is 3.11. The average Bonchev–Trinajstić information content (AvgIpc) is 2.40. The van der Waals surface area contributed by atoms with Crippen LogP contribution in [0, 0.1) is 12.7 Å². The number of hydrogen-bond acceptors (Lipinski definition) is 2. The third-order valence-corrected chi connectivity index (χ3v) is 4.40. The minimum Gasteiger partial charge on any atom is -0.326 e. The van der Waals surface area contributed by atoms with Crippen LogP contribution in [0.2, 0.25) is 0 Å². The Balaban J connectivity index is 2.08. The van der Waals surface area contributed by atoms with Crippen molar-refractivity contribution in [2.45, 2.75) is 25.0 Å². The smallest absolute Gasteiger partial charge is 0.123 e. The van der Waals surface area contributed by atoms with Crippen molar-refractivity contribution in [3.63, 3.8) is 0 Å². The molecule has 1 atom stereocenters. The lowest BCUT2D eigenvalue weighted by molar-refractivity contribution is 0.624. The second-order valence-corrected chi connectivity index (χ2v) is 6.29. The number of nitrogens with two attached hydrogens (primary N) is 1. The Morgan fingerprint density at radius 3 is 2.60 bits per heavy atom. The summed E-state index contributed by atoms with van der Waals surface area (Å²) in [5.41, 5.74) is 9.40. The molecule has 0 fully saturated rings. The quantitative estimate of drug-likeness (QED) is 0.920. The average molecular weight is 291 g/mol. The molecule has 4 heteroatoms. The number of hydrogen-bond donors (Lipinski definition) is 1. The lowest BCUT2D eigenvalue weighted by Gasteiger charge is -2.08. The van der Waals surface area contributed by atoms with Gasteiger partial charge in [0.05, 0.1) is 0 Å². The van der Waals surface area contributed by atoms with Gasteiger partial charge in [0.2, 0.25) is 0 Å². The lowest BCUT2D eigenvalue weighted by atomic mass is 10.1. The highest BCUT2D eigenvalue weighted by molar-refractivity contribution is 7.83. The van der Waals surface area contributed by atoms with Gasteiger partial charge in [-0.3, -0.25) is 4.21 Å². The molecule has 20 heavy (non-hydrogen) atoms. The van der Waals surface area contributed by atoms with Crippen LogP contribution in [-0.2, 0) is 28.9 Å². The van der Waals surface area contributed by atoms with Gasteiger partial charge in [-0.15, -0.1) is 0 Å². The molecular formula is C16H18FNOS. The standard InChI is InChI=1S/C16H18FNOS/c1-12-3-2-4-13(7-12)10-20(19)11-14-5-6-16(17)8-15(14)9-18/h2-8H,9-11,18H2,1H3. The summed E-state index contributed by atoms with van der Waals surface area (Å²) in [6.45, 7) is 2.27. The molecule has 0 saturated heterocycles. The summed E-state index contributed by atoms with van der Waals surface area (Å²) < 4.78 is 25.4. The monoisotopic (exact) mass is 291 g/mol. The summed E-state index contributed by atoms with van der Waals surface area (Å²) in [6.07, 6.45) is 0. The summed E-state index contributed by atoms with van der Waals surface area (Å²) in [6, 6.07) is 12.5. The number of aryl methyl sites for hydroxylation is 1. The van der Waals surface area contributed by atoms with Crippen molar-refractivity contribution in [2.24, 2.45) is 5.73 Å². The Hall–Kier alpha value is -1.52. The van der Waals surface area contributed by atoms with Crippen molar-refractivity contribution in [3.05, 3.63) is 70.5 Å². The molecule has 2 N–H and O–H groups in total. The topological polar surface area (TPSA) is 43.1 Å². The van der Waals surface area contributed by atoms with Crippen LogP contribution in [0.4, 0.5) is 4.39 Å². The zero-order chi connectivity index (χ0) is 14.5. The van der Waals surface area contributed by atoms with Crippen LogP contribution in [0.5, 0.6) is 0 Å². The van der Waals surface area contributed by atoms with Crippen LogP contribution in [0.15, 0.2) is 42.5 Å². The van der Waals surface area contributed by atoms with Gasteiger partial charge in [-0.05, 0) is 35.7 Å². The highest BCUT2D eigenvalue weighted by Crippen LogP contribution is 2.15. The predicted molar refractivity (Wildman–Crippen MR) is 81.0 cm³/mol. The van der Waals surface area contributed by atoms with E-state index in [0.29, 0.717) is 11.5 Å². The Morgan fingerprint density at radius 2 is 1.90 bits per heavy atom. The van der Waals surface area contributed by atoms with Gasteiger partial charge >= 0.3 is 0 Å². The van der Waals surface area contributed by atoms with E-state index in [2.05, 4.69) is 0 Å². The second-order valence-electron chi connectivity index (χ2n) is 4.83. The summed E-state index contributed by atoms with van der Waals surface area (Å²) >= 11 is 0. The molecule has 0 bridgehead atoms. The van der Waals surface area contributed by atoms with Crippen molar-refractivity contribution in [1.82, 2.24) is 0 Å². The normalized spacial score (nSPS) is 12.3. The highest BCUT2D eigenvalue weighted by atomic mass is 32.2. The van der Waals surface area contributed by atoms with Gasteiger partial charge in [-0.1, -0.05) is 35.9 Å². The van der Waals surface area contributed by atoms with Gasteiger partial charge in [0, 0.05) is 28.9 Å². The van der Waals surface area contributed by atoms with Gasteiger partial charge < -0.3 is 5.73 Å². The maximum Gasteiger partial charge on any atom is 0.123 e. The molecule has 0 aliphatic heterocycles. The van der Waals surface area contributed by atoms with Crippen LogP contribution < -0.4 is 5.73 Å². The molecule has 1 unspecified atom stereocenters. The fourth-order valence-corrected chi connectivity index (χ4v) is 3.42. The van der Waals surface area contributed by atoms with E-state index in [1.165, 1.54) is 12.1 Å². The number of halogens is 1. The molecule has 0 radical (unpaired) electrons. The van der Waals surface area contributed by atoms with Gasteiger partial charge in [-0.2, -0.15) is 0 Å². The fourth-order valence-electron chi connectivity index (χ4n) is 2.14. The van der Waals surface area contributed by atoms with Crippen molar-refractivity contribution >= 4 is 10.8 Å². The first-order valence-corrected chi connectivity index (χ1v) is 7.95. The first-order chi connectivity index (χ1) is 9.58. The van der Waals surface area contributed by atoms with Crippen molar-refractivity contribution < 1.29 is 8.60 Å². The zero-order valence-corrected chi connectivity index (χ0v) is 12.3. The van der Waals surface area contributed by atoms with E-state index in [0.717, 1.165) is 22.3 Å². The minimum atomic E-state index is -1.03. The Labute approximate surface area is 121 Å². The lowest BCUT2D eigenvalue weighted by Crippen LogP contribution is -2.06. The molecular weight excluding hydrogens is 273 g/mol. The van der Waals surface area contributed by atoms with Crippen LogP contribution in [-0.4, -0.2) is 4.21 Å². The molecule has 2 aromatic rings. The van der Waals surface area contributed by atoms with Crippen molar-refractivity contribution in [2.75, 3.05) is 0 Å². The molecule has 0 saturated carbocycles. The van der Waals surface area contributed by atoms with E-state index < -0.39 is 10.8 Å². The maximum atomic E-state index is 13.1. The van der Waals surface area contributed by atoms with Crippen LogP contribution >= 0.6 is 0 Å². The number of benzene rings is 2. The SMILES string of the molecule is Cc1cccc(CS(=O)Cc2ccc(F)cc2CN)c1. The van der Waals surface area contributed by atoms with Crippen LogP contribution in [0.1, 0.15) is 22.3 Å². The van der Waals surface area contributed by atoms with Crippen LogP contribution in [0.25, 0.3) is 0 Å². The molecule has 0 heterocycles. The third kappa shape index (κ3) is 3.99. The first kappa shape index (κ1) is 14.9. The number of rotatable bonds is 5. The fraction of sp³-hybridized carbons (Fsp3) is 0.250. The largest absolute Gasteiger partial charge is 0.326 e. The molecule has 106 valence electrons. The Kier molecular flexibility index (Phi) is 5.04. The van der Waals surface area contributed by atoms with Gasteiger partial charge in [0.1, 0.15) is 5.82 Å². The predicted octanol–water partition coefficient (Wildman–Crippen LogP) is 3.04. The molecule has 2 aromatic carbocycles. The van der Waals surface area contributed by atoms with E-state index in [-0.39, 0.29) is 12.4 Å². The maximum absolute atomic E-state index is 13.1. The van der Waals surface area contributed by atoms with E-state index in [4.69, 9.17) is 5.73 Å². The molecule has 2 nitrogen and oxygen atoms in total. The summed E-state index contributed by atoms with van der Waals surface area (Å²) in [5, 5.41) is 0. The van der Waals surface area contributed by atoms with E-state index in [1.807, 2.05) is 31.2 Å².